The molecular weight excluding hydrogens is 290 g/mol. The first-order chi connectivity index (χ1) is 11.3. The van der Waals surface area contributed by atoms with E-state index in [2.05, 4.69) is 26.9 Å². The smallest absolute Gasteiger partial charge is 0.0833 e. The molecule has 23 heavy (non-hydrogen) atoms. The van der Waals surface area contributed by atoms with E-state index in [9.17, 15) is 0 Å². The molecule has 5 nitrogen and oxygen atoms in total. The van der Waals surface area contributed by atoms with Crippen molar-refractivity contribution in [2.45, 2.75) is 37.5 Å². The second kappa shape index (κ2) is 6.85. The molecule has 1 spiro atoms. The fraction of sp³-hybridized carbons (Fsp3) is 0.722. The maximum Gasteiger partial charge on any atom is 0.0833 e. The van der Waals surface area contributed by atoms with Gasteiger partial charge < -0.3 is 9.47 Å². The number of hydrogen-bond donors (Lipinski definition) is 0. The quantitative estimate of drug-likeness (QED) is 0.845. The molecule has 3 fully saturated rings. The molecule has 0 amide bonds. The molecule has 3 aliphatic heterocycles. The van der Waals surface area contributed by atoms with Crippen LogP contribution in [0.3, 0.4) is 0 Å². The highest BCUT2D eigenvalue weighted by atomic mass is 16.5. The minimum Gasteiger partial charge on any atom is -0.380 e. The normalized spacial score (nSPS) is 29.1. The number of ether oxygens (including phenoxy) is 2. The molecule has 0 radical (unpaired) electrons. The fourth-order valence-electron chi connectivity index (χ4n) is 4.19. The zero-order valence-electron chi connectivity index (χ0n) is 13.8. The second-order valence-electron chi connectivity index (χ2n) is 7.12. The Hall–Kier alpha value is -1.01. The van der Waals surface area contributed by atoms with Crippen molar-refractivity contribution in [3.63, 3.8) is 0 Å². The molecule has 0 aromatic carbocycles. The summed E-state index contributed by atoms with van der Waals surface area (Å²) in [5.74, 6) is 0. The lowest BCUT2D eigenvalue weighted by Gasteiger charge is -2.48. The van der Waals surface area contributed by atoms with Crippen molar-refractivity contribution in [1.29, 1.82) is 0 Å². The van der Waals surface area contributed by atoms with Crippen LogP contribution in [-0.2, 0) is 16.0 Å². The highest BCUT2D eigenvalue weighted by Gasteiger charge is 2.41. The number of piperidine rings is 1. The minimum atomic E-state index is 0.0585. The van der Waals surface area contributed by atoms with E-state index in [0.717, 1.165) is 71.1 Å². The average molecular weight is 317 g/mol. The Morgan fingerprint density at radius 3 is 2.83 bits per heavy atom. The first-order valence-electron chi connectivity index (χ1n) is 8.91. The number of pyridine rings is 1. The summed E-state index contributed by atoms with van der Waals surface area (Å²) in [6, 6.07) is 6.80. The standard InChI is InChI=1S/C18H27N3O2/c1-2-7-19-16(3-1)13-20-10-12-23-18(15-20)5-8-21(9-6-18)17-4-11-22-14-17/h1-3,7,17H,4-6,8-15H2/t17-/m1/s1. The number of likely N-dealkylation sites (tertiary alicyclic amines) is 1. The summed E-state index contributed by atoms with van der Waals surface area (Å²) in [4.78, 5) is 9.59. The summed E-state index contributed by atoms with van der Waals surface area (Å²) in [7, 11) is 0. The topological polar surface area (TPSA) is 37.8 Å². The predicted molar refractivity (Wildman–Crippen MR) is 88.2 cm³/mol. The Bertz CT molecular complexity index is 496. The van der Waals surface area contributed by atoms with Crippen LogP contribution in [0, 0.1) is 0 Å². The molecule has 0 N–H and O–H groups in total. The maximum absolute atomic E-state index is 6.27. The molecule has 1 aromatic rings. The van der Waals surface area contributed by atoms with Gasteiger partial charge in [-0.15, -0.1) is 0 Å². The molecular formula is C18H27N3O2. The van der Waals surface area contributed by atoms with Gasteiger partial charge in [0.15, 0.2) is 0 Å². The summed E-state index contributed by atoms with van der Waals surface area (Å²) >= 11 is 0. The van der Waals surface area contributed by atoms with Crippen LogP contribution in [-0.4, -0.2) is 72.4 Å². The van der Waals surface area contributed by atoms with Crippen molar-refractivity contribution < 1.29 is 9.47 Å². The zero-order valence-corrected chi connectivity index (χ0v) is 13.8. The van der Waals surface area contributed by atoms with Gasteiger partial charge in [0.05, 0.1) is 24.5 Å². The Kier molecular flexibility index (Phi) is 4.62. The lowest BCUT2D eigenvalue weighted by Crippen LogP contribution is -2.57. The number of morpholine rings is 1. The van der Waals surface area contributed by atoms with Gasteiger partial charge >= 0.3 is 0 Å². The van der Waals surface area contributed by atoms with E-state index in [1.165, 1.54) is 6.42 Å². The second-order valence-corrected chi connectivity index (χ2v) is 7.12. The molecule has 3 saturated heterocycles. The Morgan fingerprint density at radius 1 is 1.17 bits per heavy atom. The van der Waals surface area contributed by atoms with Crippen molar-refractivity contribution in [1.82, 2.24) is 14.8 Å². The zero-order chi connectivity index (χ0) is 15.5. The van der Waals surface area contributed by atoms with Crippen molar-refractivity contribution in [3.05, 3.63) is 30.1 Å². The van der Waals surface area contributed by atoms with Crippen LogP contribution in [0.4, 0.5) is 0 Å². The van der Waals surface area contributed by atoms with Gasteiger partial charge in [-0.25, -0.2) is 0 Å². The van der Waals surface area contributed by atoms with Gasteiger partial charge in [-0.2, -0.15) is 0 Å². The van der Waals surface area contributed by atoms with E-state index in [1.54, 1.807) is 0 Å². The van der Waals surface area contributed by atoms with Crippen LogP contribution in [0.5, 0.6) is 0 Å². The lowest BCUT2D eigenvalue weighted by molar-refractivity contribution is -0.140. The van der Waals surface area contributed by atoms with Crippen molar-refractivity contribution in [2.75, 3.05) is 46.0 Å². The largest absolute Gasteiger partial charge is 0.380 e. The minimum absolute atomic E-state index is 0.0585. The predicted octanol–water partition coefficient (Wildman–Crippen LogP) is 1.54. The Labute approximate surface area is 138 Å². The van der Waals surface area contributed by atoms with Crippen LogP contribution in [0.2, 0.25) is 0 Å². The molecule has 0 bridgehead atoms. The van der Waals surface area contributed by atoms with Crippen molar-refractivity contribution >= 4 is 0 Å². The van der Waals surface area contributed by atoms with E-state index in [1.807, 2.05) is 12.3 Å². The number of hydrogen-bond acceptors (Lipinski definition) is 5. The van der Waals surface area contributed by atoms with E-state index in [-0.39, 0.29) is 5.60 Å². The molecule has 4 rings (SSSR count). The highest BCUT2D eigenvalue weighted by Crippen LogP contribution is 2.32. The van der Waals surface area contributed by atoms with E-state index in [4.69, 9.17) is 9.47 Å². The van der Waals surface area contributed by atoms with Crippen LogP contribution >= 0.6 is 0 Å². The van der Waals surface area contributed by atoms with Gasteiger partial charge in [-0.05, 0) is 31.4 Å². The van der Waals surface area contributed by atoms with Crippen molar-refractivity contribution in [3.8, 4) is 0 Å². The summed E-state index contributed by atoms with van der Waals surface area (Å²) < 4.78 is 11.8. The third-order valence-electron chi connectivity index (χ3n) is 5.57. The fourth-order valence-corrected chi connectivity index (χ4v) is 4.19. The Morgan fingerprint density at radius 2 is 2.09 bits per heavy atom. The molecule has 5 heteroatoms. The summed E-state index contributed by atoms with van der Waals surface area (Å²) in [6.07, 6.45) is 5.36. The number of aromatic nitrogens is 1. The van der Waals surface area contributed by atoms with Gasteiger partial charge in [0.1, 0.15) is 0 Å². The average Bonchev–Trinajstić information content (AvgIpc) is 3.11. The highest BCUT2D eigenvalue weighted by molar-refractivity contribution is 5.04. The Balaban J connectivity index is 1.34. The molecule has 1 aromatic heterocycles. The molecule has 0 unspecified atom stereocenters. The first-order valence-corrected chi connectivity index (χ1v) is 8.91. The van der Waals surface area contributed by atoms with E-state index < -0.39 is 0 Å². The van der Waals surface area contributed by atoms with Crippen LogP contribution in [0.1, 0.15) is 25.0 Å². The summed E-state index contributed by atoms with van der Waals surface area (Å²) in [5, 5.41) is 0. The van der Waals surface area contributed by atoms with Crippen LogP contribution in [0.25, 0.3) is 0 Å². The van der Waals surface area contributed by atoms with Gasteiger partial charge in [0.25, 0.3) is 0 Å². The van der Waals surface area contributed by atoms with Crippen LogP contribution in [0.15, 0.2) is 24.4 Å². The molecule has 3 aliphatic rings. The van der Waals surface area contributed by atoms with Gasteiger partial charge in [-0.3, -0.25) is 14.8 Å². The summed E-state index contributed by atoms with van der Waals surface area (Å²) in [6.45, 7) is 7.97. The van der Waals surface area contributed by atoms with E-state index >= 15 is 0 Å². The van der Waals surface area contributed by atoms with Gasteiger partial charge in [0, 0.05) is 51.6 Å². The van der Waals surface area contributed by atoms with Crippen molar-refractivity contribution in [2.24, 2.45) is 0 Å². The number of nitrogens with zero attached hydrogens (tertiary/aromatic N) is 3. The third kappa shape index (κ3) is 3.58. The van der Waals surface area contributed by atoms with Gasteiger partial charge in [0.2, 0.25) is 0 Å². The molecule has 0 saturated carbocycles. The third-order valence-corrected chi connectivity index (χ3v) is 5.57. The van der Waals surface area contributed by atoms with E-state index in [0.29, 0.717) is 6.04 Å². The molecule has 126 valence electrons. The van der Waals surface area contributed by atoms with Crippen LogP contribution < -0.4 is 0 Å². The molecule has 1 atom stereocenters. The van der Waals surface area contributed by atoms with Gasteiger partial charge in [-0.1, -0.05) is 6.07 Å². The molecule has 0 aliphatic carbocycles. The summed E-state index contributed by atoms with van der Waals surface area (Å²) in [5.41, 5.74) is 1.22. The first kappa shape index (κ1) is 15.5. The lowest BCUT2D eigenvalue weighted by atomic mass is 9.88. The SMILES string of the molecule is c1ccc(CN2CCOC3(CCN([C@@H]4CCOC4)CC3)C2)nc1. The maximum atomic E-state index is 6.27. The number of rotatable bonds is 3. The molecule has 4 heterocycles. The monoisotopic (exact) mass is 317 g/mol.